The predicted octanol–water partition coefficient (Wildman–Crippen LogP) is 2.85. The first-order valence-electron chi connectivity index (χ1n) is 7.49. The van der Waals surface area contributed by atoms with Gasteiger partial charge in [0, 0.05) is 6.54 Å². The Balaban J connectivity index is 1.91. The lowest BCUT2D eigenvalue weighted by Crippen LogP contribution is -2.12. The Morgan fingerprint density at radius 2 is 1.83 bits per heavy atom. The lowest BCUT2D eigenvalue weighted by atomic mass is 10.1. The summed E-state index contributed by atoms with van der Waals surface area (Å²) in [5, 5.41) is 21.9. The van der Waals surface area contributed by atoms with Crippen LogP contribution in [0.2, 0.25) is 0 Å². The number of carbonyl (C=O) groups is 1. The van der Waals surface area contributed by atoms with Crippen molar-refractivity contribution in [3.63, 3.8) is 0 Å². The van der Waals surface area contributed by atoms with Gasteiger partial charge in [-0.3, -0.25) is 0 Å². The van der Waals surface area contributed by atoms with Crippen molar-refractivity contribution in [3.8, 4) is 5.75 Å². The maximum atomic E-state index is 11.1. The molecule has 3 N–H and O–H groups in total. The van der Waals surface area contributed by atoms with Gasteiger partial charge in [-0.15, -0.1) is 0 Å². The van der Waals surface area contributed by atoms with Crippen LogP contribution in [0.1, 0.15) is 39.3 Å². The van der Waals surface area contributed by atoms with Gasteiger partial charge in [0.05, 0.1) is 11.4 Å². The lowest BCUT2D eigenvalue weighted by molar-refractivity contribution is 0.0694. The molecule has 0 aliphatic rings. The molecule has 1 heterocycles. The summed E-state index contributed by atoms with van der Waals surface area (Å²) in [6, 6.07) is 5.68. The van der Waals surface area contributed by atoms with Crippen molar-refractivity contribution < 1.29 is 15.0 Å². The van der Waals surface area contributed by atoms with Crippen molar-refractivity contribution in [2.24, 2.45) is 0 Å². The van der Waals surface area contributed by atoms with Crippen LogP contribution in [0.15, 0.2) is 18.2 Å². The van der Waals surface area contributed by atoms with E-state index in [2.05, 4.69) is 15.3 Å². The number of aromatic nitrogens is 2. The summed E-state index contributed by atoms with van der Waals surface area (Å²) in [6.07, 6.45) is 1.68. The minimum atomic E-state index is -1.01. The fourth-order valence-electron chi connectivity index (χ4n) is 2.41. The molecule has 0 saturated carbocycles. The second kappa shape index (κ2) is 7.09. The number of hydrogen-bond acceptors (Lipinski definition) is 5. The quantitative estimate of drug-likeness (QED) is 0.709. The van der Waals surface area contributed by atoms with E-state index < -0.39 is 5.97 Å². The van der Waals surface area contributed by atoms with Gasteiger partial charge in [-0.1, -0.05) is 12.1 Å². The van der Waals surface area contributed by atoms with Crippen LogP contribution in [0.4, 0.5) is 5.95 Å². The molecule has 0 unspecified atom stereocenters. The van der Waals surface area contributed by atoms with E-state index in [1.54, 1.807) is 19.9 Å². The highest BCUT2D eigenvalue weighted by molar-refractivity contribution is 5.90. The second-order valence-electron chi connectivity index (χ2n) is 5.55. The van der Waals surface area contributed by atoms with Gasteiger partial charge in [0.1, 0.15) is 11.3 Å². The first-order chi connectivity index (χ1) is 10.9. The fourth-order valence-corrected chi connectivity index (χ4v) is 2.41. The van der Waals surface area contributed by atoms with Gasteiger partial charge in [0.25, 0.3) is 0 Å². The standard InChI is InChI=1S/C17H21N3O3/c1-10-6-7-13(9-14(10)21)5-4-8-18-17-19-11(2)15(16(22)23)12(3)20-17/h6-7,9,21H,4-5,8H2,1-3H3,(H,22,23)(H,18,19,20). The molecule has 0 atom stereocenters. The molecule has 2 rings (SSSR count). The van der Waals surface area contributed by atoms with Crippen molar-refractivity contribution in [1.29, 1.82) is 0 Å². The molecule has 23 heavy (non-hydrogen) atoms. The number of aryl methyl sites for hydroxylation is 4. The number of nitrogens with zero attached hydrogens (tertiary/aromatic N) is 2. The van der Waals surface area contributed by atoms with E-state index in [0.717, 1.165) is 24.0 Å². The van der Waals surface area contributed by atoms with Gasteiger partial charge in [-0.25, -0.2) is 14.8 Å². The number of aromatic carboxylic acids is 1. The molecule has 0 aliphatic heterocycles. The Kier molecular flexibility index (Phi) is 5.16. The number of carboxylic acid groups (broad SMARTS) is 1. The third-order valence-corrected chi connectivity index (χ3v) is 3.68. The average molecular weight is 315 g/mol. The first-order valence-corrected chi connectivity index (χ1v) is 7.49. The molecule has 0 aliphatic carbocycles. The lowest BCUT2D eigenvalue weighted by Gasteiger charge is -2.09. The Morgan fingerprint density at radius 3 is 2.39 bits per heavy atom. The Bertz CT molecular complexity index is 706. The number of hydrogen-bond donors (Lipinski definition) is 3. The summed E-state index contributed by atoms with van der Waals surface area (Å²) >= 11 is 0. The normalized spacial score (nSPS) is 10.6. The Hall–Kier alpha value is -2.63. The van der Waals surface area contributed by atoms with Gasteiger partial charge in [-0.2, -0.15) is 0 Å². The van der Waals surface area contributed by atoms with E-state index >= 15 is 0 Å². The molecule has 122 valence electrons. The monoisotopic (exact) mass is 315 g/mol. The number of rotatable bonds is 6. The molecule has 1 aromatic heterocycles. The number of phenols is 1. The second-order valence-corrected chi connectivity index (χ2v) is 5.55. The third kappa shape index (κ3) is 4.18. The van der Waals surface area contributed by atoms with E-state index in [-0.39, 0.29) is 5.56 Å². The Morgan fingerprint density at radius 1 is 1.17 bits per heavy atom. The van der Waals surface area contributed by atoms with Crippen molar-refractivity contribution in [1.82, 2.24) is 9.97 Å². The van der Waals surface area contributed by atoms with Gasteiger partial charge in [0.2, 0.25) is 5.95 Å². The molecule has 0 spiro atoms. The van der Waals surface area contributed by atoms with Crippen molar-refractivity contribution >= 4 is 11.9 Å². The summed E-state index contributed by atoms with van der Waals surface area (Å²) in [5.41, 5.74) is 3.01. The molecule has 0 radical (unpaired) electrons. The van der Waals surface area contributed by atoms with Crippen molar-refractivity contribution in [3.05, 3.63) is 46.3 Å². The van der Waals surface area contributed by atoms with Crippen molar-refractivity contribution in [2.45, 2.75) is 33.6 Å². The molecule has 6 nitrogen and oxygen atoms in total. The molecular weight excluding hydrogens is 294 g/mol. The van der Waals surface area contributed by atoms with Crippen molar-refractivity contribution in [2.75, 3.05) is 11.9 Å². The van der Waals surface area contributed by atoms with E-state index in [9.17, 15) is 9.90 Å². The number of phenolic OH excluding ortho intramolecular Hbond substituents is 1. The number of anilines is 1. The maximum Gasteiger partial charge on any atom is 0.339 e. The molecule has 0 saturated heterocycles. The summed E-state index contributed by atoms with van der Waals surface area (Å²) in [6.45, 7) is 5.86. The predicted molar refractivity (Wildman–Crippen MR) is 88.1 cm³/mol. The van der Waals surface area contributed by atoms with E-state index in [1.165, 1.54) is 0 Å². The summed E-state index contributed by atoms with van der Waals surface area (Å²) in [5.74, 6) is -0.253. The molecule has 1 aromatic carbocycles. The molecule has 0 fully saturated rings. The smallest absolute Gasteiger partial charge is 0.339 e. The SMILES string of the molecule is Cc1ccc(CCCNc2nc(C)c(C(=O)O)c(C)n2)cc1O. The third-order valence-electron chi connectivity index (χ3n) is 3.68. The molecule has 0 bridgehead atoms. The maximum absolute atomic E-state index is 11.1. The molecular formula is C17H21N3O3. The van der Waals surface area contributed by atoms with E-state index in [1.807, 2.05) is 19.1 Å². The summed E-state index contributed by atoms with van der Waals surface area (Å²) in [4.78, 5) is 19.5. The average Bonchev–Trinajstić information content (AvgIpc) is 2.46. The summed E-state index contributed by atoms with van der Waals surface area (Å²) in [7, 11) is 0. The van der Waals surface area contributed by atoms with Crippen LogP contribution in [0.25, 0.3) is 0 Å². The minimum absolute atomic E-state index is 0.158. The van der Waals surface area contributed by atoms with Crippen LogP contribution in [0, 0.1) is 20.8 Å². The minimum Gasteiger partial charge on any atom is -0.508 e. The van der Waals surface area contributed by atoms with Crippen LogP contribution in [0.5, 0.6) is 5.75 Å². The zero-order valence-corrected chi connectivity index (χ0v) is 13.6. The highest BCUT2D eigenvalue weighted by Crippen LogP contribution is 2.18. The van der Waals surface area contributed by atoms with Gasteiger partial charge in [0.15, 0.2) is 0 Å². The van der Waals surface area contributed by atoms with Gasteiger partial charge in [-0.05, 0) is 50.8 Å². The number of carboxylic acids is 1. The van der Waals surface area contributed by atoms with Gasteiger partial charge < -0.3 is 15.5 Å². The van der Waals surface area contributed by atoms with Crippen LogP contribution in [-0.4, -0.2) is 32.7 Å². The number of nitrogens with one attached hydrogen (secondary N) is 1. The topological polar surface area (TPSA) is 95.3 Å². The number of aromatic hydroxyl groups is 1. The molecule has 6 heteroatoms. The zero-order chi connectivity index (χ0) is 17.0. The molecule has 0 amide bonds. The highest BCUT2D eigenvalue weighted by atomic mass is 16.4. The summed E-state index contributed by atoms with van der Waals surface area (Å²) < 4.78 is 0. The molecule has 2 aromatic rings. The number of benzene rings is 1. The zero-order valence-electron chi connectivity index (χ0n) is 13.6. The van der Waals surface area contributed by atoms with Crippen LogP contribution in [-0.2, 0) is 6.42 Å². The first kappa shape index (κ1) is 16.7. The van der Waals surface area contributed by atoms with Crippen LogP contribution in [0.3, 0.4) is 0 Å². The van der Waals surface area contributed by atoms with E-state index in [0.29, 0.717) is 29.6 Å². The van der Waals surface area contributed by atoms with E-state index in [4.69, 9.17) is 5.11 Å². The van der Waals surface area contributed by atoms with Crippen LogP contribution < -0.4 is 5.32 Å². The van der Waals surface area contributed by atoms with Crippen LogP contribution >= 0.6 is 0 Å². The highest BCUT2D eigenvalue weighted by Gasteiger charge is 2.14. The van der Waals surface area contributed by atoms with Gasteiger partial charge >= 0.3 is 5.97 Å². The largest absolute Gasteiger partial charge is 0.508 e. The fraction of sp³-hybridized carbons (Fsp3) is 0.353. The Labute approximate surface area is 135 Å².